The lowest BCUT2D eigenvalue weighted by molar-refractivity contribution is 0.139. The second-order valence-corrected chi connectivity index (χ2v) is 6.91. The maximum absolute atomic E-state index is 12.5. The molecule has 0 saturated heterocycles. The van der Waals surface area contributed by atoms with Crippen LogP contribution < -0.4 is 19.9 Å². The van der Waals surface area contributed by atoms with E-state index in [9.17, 15) is 8.42 Å². The maximum Gasteiger partial charge on any atom is 0.264 e. The normalized spacial score (nSPS) is 11.2. The van der Waals surface area contributed by atoms with Gasteiger partial charge in [-0.15, -0.1) is 0 Å². The molecule has 11 heteroatoms. The summed E-state index contributed by atoms with van der Waals surface area (Å²) in [6, 6.07) is 7.18. The van der Waals surface area contributed by atoms with Crippen molar-refractivity contribution in [3.05, 3.63) is 30.3 Å². The van der Waals surface area contributed by atoms with Gasteiger partial charge in [-0.2, -0.15) is 9.97 Å². The predicted molar refractivity (Wildman–Crippen MR) is 98.4 cm³/mol. The average Bonchev–Trinajstić information content (AvgIpc) is 2.62. The Morgan fingerprint density at radius 2 is 1.44 bits per heavy atom. The summed E-state index contributed by atoms with van der Waals surface area (Å²) in [5.41, 5.74) is 6.04. The van der Waals surface area contributed by atoms with Gasteiger partial charge >= 0.3 is 0 Å². The number of hydrogen-bond acceptors (Lipinski definition) is 9. The first kappa shape index (κ1) is 20.7. The minimum Gasteiger partial charge on any atom is -0.475 e. The van der Waals surface area contributed by atoms with Gasteiger partial charge in [0, 0.05) is 19.9 Å². The summed E-state index contributed by atoms with van der Waals surface area (Å²) in [6.45, 7) is 1.15. The van der Waals surface area contributed by atoms with Crippen molar-refractivity contribution in [1.29, 1.82) is 0 Å². The molecule has 0 aliphatic heterocycles. The van der Waals surface area contributed by atoms with Crippen molar-refractivity contribution in [2.45, 2.75) is 4.90 Å². The van der Waals surface area contributed by atoms with E-state index < -0.39 is 10.0 Å². The molecule has 0 spiro atoms. The molecule has 1 aromatic carbocycles. The smallest absolute Gasteiger partial charge is 0.264 e. The molecule has 27 heavy (non-hydrogen) atoms. The molecular formula is C16H22N4O6S. The van der Waals surface area contributed by atoms with E-state index in [2.05, 4.69) is 14.7 Å². The lowest BCUT2D eigenvalue weighted by Crippen LogP contribution is -2.16. The Kier molecular flexibility index (Phi) is 7.58. The van der Waals surface area contributed by atoms with Crippen LogP contribution in [0, 0.1) is 0 Å². The van der Waals surface area contributed by atoms with Crippen molar-refractivity contribution in [1.82, 2.24) is 9.97 Å². The molecule has 3 N–H and O–H groups in total. The molecule has 2 aromatic rings. The van der Waals surface area contributed by atoms with Crippen molar-refractivity contribution in [3.8, 4) is 11.8 Å². The number of hydrogen-bond donors (Lipinski definition) is 2. The minimum absolute atomic E-state index is 0.0212. The molecule has 0 unspecified atom stereocenters. The van der Waals surface area contributed by atoms with Gasteiger partial charge in [-0.05, 0) is 24.3 Å². The van der Waals surface area contributed by atoms with Gasteiger partial charge in [0.2, 0.25) is 17.7 Å². The predicted octanol–water partition coefficient (Wildman–Crippen LogP) is 0.910. The third-order valence-corrected chi connectivity index (χ3v) is 4.51. The standard InChI is InChI=1S/C16H22N4O6S/c1-23-7-9-25-14-11-15(26-10-8-24-2)19-16(18-14)20-27(21,22)13-5-3-12(17)4-6-13/h3-6,11H,7-10,17H2,1-2H3,(H,18,19,20). The van der Waals surface area contributed by atoms with Crippen LogP contribution >= 0.6 is 0 Å². The van der Waals surface area contributed by atoms with Crippen molar-refractivity contribution >= 4 is 21.7 Å². The number of nitrogens with one attached hydrogen (secondary N) is 1. The van der Waals surface area contributed by atoms with Gasteiger partial charge in [-0.3, -0.25) is 0 Å². The van der Waals surface area contributed by atoms with Crippen LogP contribution in [0.2, 0.25) is 0 Å². The van der Waals surface area contributed by atoms with Crippen LogP contribution in [0.25, 0.3) is 0 Å². The summed E-state index contributed by atoms with van der Waals surface area (Å²) in [5.74, 6) is 0.100. The van der Waals surface area contributed by atoms with E-state index in [0.717, 1.165) is 0 Å². The van der Waals surface area contributed by atoms with Gasteiger partial charge in [0.1, 0.15) is 13.2 Å². The number of benzene rings is 1. The molecule has 1 heterocycles. The van der Waals surface area contributed by atoms with Crippen LogP contribution in [-0.4, -0.2) is 59.0 Å². The summed E-state index contributed by atoms with van der Waals surface area (Å²) < 4.78 is 48.0. The minimum atomic E-state index is -3.90. The van der Waals surface area contributed by atoms with E-state index in [4.69, 9.17) is 24.7 Å². The fourth-order valence-corrected chi connectivity index (χ4v) is 2.83. The zero-order chi connectivity index (χ0) is 19.7. The number of sulfonamides is 1. The Morgan fingerprint density at radius 3 is 1.93 bits per heavy atom. The number of aromatic nitrogens is 2. The average molecular weight is 398 g/mol. The molecule has 0 radical (unpaired) electrons. The van der Waals surface area contributed by atoms with Crippen LogP contribution in [0.4, 0.5) is 11.6 Å². The third kappa shape index (κ3) is 6.55. The molecule has 0 aliphatic rings. The zero-order valence-corrected chi connectivity index (χ0v) is 15.9. The first-order valence-corrected chi connectivity index (χ1v) is 9.44. The fourth-order valence-electron chi connectivity index (χ4n) is 1.88. The number of nitrogens with zero attached hydrogens (tertiary/aromatic N) is 2. The van der Waals surface area contributed by atoms with E-state index >= 15 is 0 Å². The molecule has 148 valence electrons. The molecule has 2 rings (SSSR count). The largest absolute Gasteiger partial charge is 0.475 e. The monoisotopic (exact) mass is 398 g/mol. The van der Waals surface area contributed by atoms with Crippen LogP contribution in [-0.2, 0) is 19.5 Å². The van der Waals surface area contributed by atoms with Gasteiger partial charge in [-0.1, -0.05) is 0 Å². The zero-order valence-electron chi connectivity index (χ0n) is 15.0. The quantitative estimate of drug-likeness (QED) is 0.418. The Balaban J connectivity index is 2.22. The van der Waals surface area contributed by atoms with Crippen LogP contribution in [0.1, 0.15) is 0 Å². The van der Waals surface area contributed by atoms with E-state index in [-0.39, 0.29) is 35.8 Å². The van der Waals surface area contributed by atoms with Crippen LogP contribution in [0.5, 0.6) is 11.8 Å². The van der Waals surface area contributed by atoms with E-state index in [1.807, 2.05) is 0 Å². The number of methoxy groups -OCH3 is 2. The molecule has 0 saturated carbocycles. The molecule has 0 fully saturated rings. The van der Waals surface area contributed by atoms with Gasteiger partial charge < -0.3 is 24.7 Å². The molecule has 0 bridgehead atoms. The third-order valence-electron chi connectivity index (χ3n) is 3.17. The highest BCUT2D eigenvalue weighted by Gasteiger charge is 2.17. The summed E-state index contributed by atoms with van der Waals surface area (Å²) in [5, 5.41) is 0. The molecule has 0 amide bonds. The van der Waals surface area contributed by atoms with E-state index in [1.165, 1.54) is 44.6 Å². The Hall–Kier alpha value is -2.63. The van der Waals surface area contributed by atoms with Crippen molar-refractivity contribution in [2.24, 2.45) is 0 Å². The summed E-state index contributed by atoms with van der Waals surface area (Å²) in [4.78, 5) is 8.11. The summed E-state index contributed by atoms with van der Waals surface area (Å²) in [7, 11) is -0.832. The van der Waals surface area contributed by atoms with E-state index in [0.29, 0.717) is 18.9 Å². The molecule has 1 aromatic heterocycles. The molecular weight excluding hydrogens is 376 g/mol. The number of nitrogens with two attached hydrogens (primary N) is 1. The summed E-state index contributed by atoms with van der Waals surface area (Å²) >= 11 is 0. The topological polar surface area (TPSA) is 135 Å². The number of ether oxygens (including phenoxy) is 4. The number of rotatable bonds is 11. The van der Waals surface area contributed by atoms with Gasteiger partial charge in [0.15, 0.2) is 0 Å². The van der Waals surface area contributed by atoms with E-state index in [1.54, 1.807) is 0 Å². The molecule has 10 nitrogen and oxygen atoms in total. The maximum atomic E-state index is 12.5. The highest BCUT2D eigenvalue weighted by atomic mass is 32.2. The van der Waals surface area contributed by atoms with Crippen molar-refractivity contribution in [3.63, 3.8) is 0 Å². The van der Waals surface area contributed by atoms with Crippen LogP contribution in [0.15, 0.2) is 35.2 Å². The Bertz CT molecular complexity index is 801. The second-order valence-electron chi connectivity index (χ2n) is 5.23. The van der Waals surface area contributed by atoms with Crippen molar-refractivity contribution in [2.75, 3.05) is 51.1 Å². The SMILES string of the molecule is COCCOc1cc(OCCOC)nc(NS(=O)(=O)c2ccc(N)cc2)n1. The molecule has 0 aliphatic carbocycles. The highest BCUT2D eigenvalue weighted by Crippen LogP contribution is 2.21. The lowest BCUT2D eigenvalue weighted by Gasteiger charge is -2.12. The number of anilines is 2. The first-order valence-electron chi connectivity index (χ1n) is 7.95. The number of nitrogen functional groups attached to an aromatic ring is 1. The van der Waals surface area contributed by atoms with Crippen LogP contribution in [0.3, 0.4) is 0 Å². The fraction of sp³-hybridized carbons (Fsp3) is 0.375. The highest BCUT2D eigenvalue weighted by molar-refractivity contribution is 7.92. The second kappa shape index (κ2) is 9.90. The summed E-state index contributed by atoms with van der Waals surface area (Å²) in [6.07, 6.45) is 0. The Labute approximate surface area is 157 Å². The van der Waals surface area contributed by atoms with Gasteiger partial charge in [-0.25, -0.2) is 13.1 Å². The first-order chi connectivity index (χ1) is 12.9. The lowest BCUT2D eigenvalue weighted by atomic mass is 10.3. The Morgan fingerprint density at radius 1 is 0.926 bits per heavy atom. The van der Waals surface area contributed by atoms with Crippen molar-refractivity contribution < 1.29 is 27.4 Å². The van der Waals surface area contributed by atoms with Gasteiger partial charge in [0.05, 0.1) is 24.2 Å². The van der Waals surface area contributed by atoms with Gasteiger partial charge in [0.25, 0.3) is 10.0 Å². The molecule has 0 atom stereocenters.